The Morgan fingerprint density at radius 3 is 2.76 bits per heavy atom. The Bertz CT molecular complexity index is 557. The van der Waals surface area contributed by atoms with E-state index in [0.29, 0.717) is 24.1 Å². The van der Waals surface area contributed by atoms with E-state index in [4.69, 9.17) is 22.1 Å². The molecule has 0 saturated carbocycles. The van der Waals surface area contributed by atoms with Gasteiger partial charge < -0.3 is 15.4 Å². The maximum atomic E-state index is 14.2. The summed E-state index contributed by atoms with van der Waals surface area (Å²) in [6.07, 6.45) is 0.0785. The number of rotatable bonds is 0. The Labute approximate surface area is 129 Å². The zero-order valence-corrected chi connectivity index (χ0v) is 13.2. The summed E-state index contributed by atoms with van der Waals surface area (Å²) in [5.74, 6) is -0.514. The van der Waals surface area contributed by atoms with Gasteiger partial charge in [0.1, 0.15) is 11.4 Å². The topological polar surface area (TPSA) is 55.6 Å². The molecule has 1 aromatic carbocycles. The summed E-state index contributed by atoms with van der Waals surface area (Å²) in [7, 11) is 0. The van der Waals surface area contributed by atoms with Crippen LogP contribution in [0.15, 0.2) is 12.1 Å². The first-order valence-electron chi connectivity index (χ1n) is 6.89. The quantitative estimate of drug-likeness (QED) is 0.795. The fraction of sp³-hybridized carbons (Fsp3) is 0.533. The van der Waals surface area contributed by atoms with Crippen LogP contribution in [0.2, 0.25) is 5.02 Å². The van der Waals surface area contributed by atoms with E-state index >= 15 is 0 Å². The van der Waals surface area contributed by atoms with Crippen molar-refractivity contribution in [2.75, 3.05) is 6.54 Å². The van der Waals surface area contributed by atoms with Crippen LogP contribution in [0.5, 0.6) is 0 Å². The Balaban J connectivity index is 2.30. The minimum Gasteiger partial charge on any atom is -0.444 e. The monoisotopic (exact) mass is 314 g/mol. The third-order valence-electron chi connectivity index (χ3n) is 3.34. The van der Waals surface area contributed by atoms with Crippen molar-refractivity contribution in [3.63, 3.8) is 0 Å². The van der Waals surface area contributed by atoms with Gasteiger partial charge in [0.2, 0.25) is 0 Å². The number of nitrogens with zero attached hydrogens (tertiary/aromatic N) is 1. The van der Waals surface area contributed by atoms with Gasteiger partial charge in [-0.3, -0.25) is 0 Å². The predicted octanol–water partition coefficient (Wildman–Crippen LogP) is 3.62. The lowest BCUT2D eigenvalue weighted by Gasteiger charge is -2.26. The van der Waals surface area contributed by atoms with Crippen LogP contribution in [0.25, 0.3) is 0 Å². The van der Waals surface area contributed by atoms with E-state index < -0.39 is 17.5 Å². The maximum absolute atomic E-state index is 14.2. The molecule has 0 aromatic heterocycles. The van der Waals surface area contributed by atoms with Gasteiger partial charge in [-0.15, -0.1) is 0 Å². The Kier molecular flexibility index (Phi) is 4.44. The summed E-state index contributed by atoms with van der Waals surface area (Å²) in [6, 6.07) is 2.90. The van der Waals surface area contributed by atoms with Crippen LogP contribution >= 0.6 is 11.6 Å². The molecule has 0 spiro atoms. The normalized spacial score (nSPS) is 19.0. The number of ether oxygens (including phenoxy) is 1. The highest BCUT2D eigenvalue weighted by molar-refractivity contribution is 6.30. The van der Waals surface area contributed by atoms with Crippen LogP contribution in [-0.2, 0) is 11.3 Å². The number of fused-ring (bicyclic) bond motifs is 1. The van der Waals surface area contributed by atoms with Crippen LogP contribution in [0.4, 0.5) is 9.18 Å². The molecule has 2 N–H and O–H groups in total. The number of amides is 1. The van der Waals surface area contributed by atoms with Gasteiger partial charge in [-0.25, -0.2) is 9.18 Å². The van der Waals surface area contributed by atoms with Crippen molar-refractivity contribution in [1.82, 2.24) is 4.90 Å². The van der Waals surface area contributed by atoms with Crippen molar-refractivity contribution in [2.24, 2.45) is 5.73 Å². The number of carbonyl (C=O) groups is 1. The van der Waals surface area contributed by atoms with Crippen LogP contribution in [0.1, 0.15) is 44.4 Å². The van der Waals surface area contributed by atoms with Crippen LogP contribution in [0.3, 0.4) is 0 Å². The molecule has 0 saturated heterocycles. The van der Waals surface area contributed by atoms with E-state index in [1.165, 1.54) is 11.0 Å². The number of nitrogens with two attached hydrogens (primary N) is 1. The van der Waals surface area contributed by atoms with E-state index in [2.05, 4.69) is 0 Å². The molecule has 0 aliphatic carbocycles. The molecule has 0 fully saturated rings. The van der Waals surface area contributed by atoms with Gasteiger partial charge in [0.15, 0.2) is 0 Å². The lowest BCUT2D eigenvalue weighted by molar-refractivity contribution is 0.0233. The van der Waals surface area contributed by atoms with E-state index in [1.54, 1.807) is 26.8 Å². The molecule has 1 unspecified atom stereocenters. The van der Waals surface area contributed by atoms with Crippen LogP contribution in [-0.4, -0.2) is 23.1 Å². The minimum atomic E-state index is -0.596. The number of hydrogen-bond donors (Lipinski definition) is 1. The second kappa shape index (κ2) is 5.81. The lowest BCUT2D eigenvalue weighted by atomic mass is 10.00. The molecule has 1 atom stereocenters. The Morgan fingerprint density at radius 1 is 1.48 bits per heavy atom. The highest BCUT2D eigenvalue weighted by atomic mass is 35.5. The minimum absolute atomic E-state index is 0.0342. The Morgan fingerprint density at radius 2 is 2.14 bits per heavy atom. The average Bonchev–Trinajstić information content (AvgIpc) is 2.52. The highest BCUT2D eigenvalue weighted by Crippen LogP contribution is 2.31. The summed E-state index contributed by atoms with van der Waals surface area (Å²) in [6.45, 7) is 5.91. The van der Waals surface area contributed by atoms with Crippen molar-refractivity contribution in [3.05, 3.63) is 34.1 Å². The van der Waals surface area contributed by atoms with Gasteiger partial charge in [0.25, 0.3) is 0 Å². The molecular formula is C15H20ClFN2O2. The molecule has 2 rings (SSSR count). The van der Waals surface area contributed by atoms with Gasteiger partial charge in [-0.2, -0.15) is 0 Å². The van der Waals surface area contributed by atoms with Crippen LogP contribution < -0.4 is 5.73 Å². The fourth-order valence-corrected chi connectivity index (χ4v) is 2.50. The smallest absolute Gasteiger partial charge is 0.410 e. The van der Waals surface area contributed by atoms with Gasteiger partial charge >= 0.3 is 6.09 Å². The standard InChI is InChI=1S/C15H20ClFN2O2/c1-15(2,3)21-14(20)19-7-6-12(18)9-4-5-11(16)13(17)10(9)8-19/h4-5,12H,6-8,18H2,1-3H3. The van der Waals surface area contributed by atoms with Crippen molar-refractivity contribution in [2.45, 2.75) is 45.4 Å². The molecule has 0 bridgehead atoms. The highest BCUT2D eigenvalue weighted by Gasteiger charge is 2.29. The van der Waals surface area contributed by atoms with Gasteiger partial charge in [-0.05, 0) is 38.8 Å². The third-order valence-corrected chi connectivity index (χ3v) is 3.63. The molecule has 0 radical (unpaired) electrons. The molecule has 4 nitrogen and oxygen atoms in total. The van der Waals surface area contributed by atoms with Crippen molar-refractivity contribution in [1.29, 1.82) is 0 Å². The number of carbonyl (C=O) groups excluding carboxylic acids is 1. The zero-order chi connectivity index (χ0) is 15.8. The summed E-state index contributed by atoms with van der Waals surface area (Å²) in [4.78, 5) is 13.7. The van der Waals surface area contributed by atoms with Crippen molar-refractivity contribution in [3.8, 4) is 0 Å². The number of hydrogen-bond acceptors (Lipinski definition) is 3. The summed E-state index contributed by atoms with van der Waals surface area (Å²) in [5.41, 5.74) is 6.54. The van der Waals surface area contributed by atoms with E-state index in [0.717, 1.165) is 0 Å². The molecule has 1 aliphatic rings. The number of benzene rings is 1. The molecule has 1 amide bonds. The molecular weight excluding hydrogens is 295 g/mol. The summed E-state index contributed by atoms with van der Waals surface area (Å²) >= 11 is 5.83. The molecule has 6 heteroatoms. The van der Waals surface area contributed by atoms with E-state index in [9.17, 15) is 9.18 Å². The molecule has 1 aliphatic heterocycles. The lowest BCUT2D eigenvalue weighted by Crippen LogP contribution is -2.36. The van der Waals surface area contributed by atoms with Gasteiger partial charge in [-0.1, -0.05) is 17.7 Å². The van der Waals surface area contributed by atoms with Gasteiger partial charge in [0, 0.05) is 18.2 Å². The second-order valence-electron chi connectivity index (χ2n) is 6.23. The largest absolute Gasteiger partial charge is 0.444 e. The first-order valence-corrected chi connectivity index (χ1v) is 7.27. The maximum Gasteiger partial charge on any atom is 0.410 e. The van der Waals surface area contributed by atoms with E-state index in [-0.39, 0.29) is 17.6 Å². The number of halogens is 2. The summed E-state index contributed by atoms with van der Waals surface area (Å²) in [5, 5.41) is 0.0342. The molecule has 1 aromatic rings. The van der Waals surface area contributed by atoms with Crippen LogP contribution in [0, 0.1) is 5.82 Å². The SMILES string of the molecule is CC(C)(C)OC(=O)N1CCC(N)c2ccc(Cl)c(F)c2C1. The van der Waals surface area contributed by atoms with Crippen molar-refractivity contribution >= 4 is 17.7 Å². The molecule has 1 heterocycles. The molecule has 116 valence electrons. The van der Waals surface area contributed by atoms with Gasteiger partial charge in [0.05, 0.1) is 11.6 Å². The zero-order valence-electron chi connectivity index (χ0n) is 12.5. The second-order valence-corrected chi connectivity index (χ2v) is 6.63. The van der Waals surface area contributed by atoms with Crippen molar-refractivity contribution < 1.29 is 13.9 Å². The molecule has 21 heavy (non-hydrogen) atoms. The average molecular weight is 315 g/mol. The van der Waals surface area contributed by atoms with E-state index in [1.807, 2.05) is 0 Å². The Hall–Kier alpha value is -1.33. The predicted molar refractivity (Wildman–Crippen MR) is 79.6 cm³/mol. The first-order chi connectivity index (χ1) is 9.69. The summed E-state index contributed by atoms with van der Waals surface area (Å²) < 4.78 is 19.6. The third kappa shape index (κ3) is 3.66. The fourth-order valence-electron chi connectivity index (χ4n) is 2.32. The first kappa shape index (κ1) is 16.0.